The number of nitrogens with one attached hydrogen (secondary N) is 2. The van der Waals surface area contributed by atoms with Crippen LogP contribution in [0.4, 0.5) is 24.9 Å². The molecule has 0 aliphatic carbocycles. The quantitative estimate of drug-likeness (QED) is 0.288. The molecule has 0 unspecified atom stereocenters. The zero-order valence-electron chi connectivity index (χ0n) is 21.8. The van der Waals surface area contributed by atoms with Crippen LogP contribution in [0.5, 0.6) is 11.5 Å². The Morgan fingerprint density at radius 2 is 1.87 bits per heavy atom. The molecule has 5 aromatic heterocycles. The van der Waals surface area contributed by atoms with Gasteiger partial charge < -0.3 is 24.3 Å². The van der Waals surface area contributed by atoms with Crippen molar-refractivity contribution in [3.05, 3.63) is 48.0 Å². The minimum atomic E-state index is -4.51. The lowest BCUT2D eigenvalue weighted by molar-refractivity contribution is -0.136. The number of ether oxygens (including phenoxy) is 2. The molecule has 0 amide bonds. The number of H-pyrrole nitrogens is 1. The molecule has 2 N–H and O–H groups in total. The lowest BCUT2D eigenvalue weighted by atomic mass is 9.91. The van der Waals surface area contributed by atoms with Crippen molar-refractivity contribution in [2.24, 2.45) is 7.05 Å². The van der Waals surface area contributed by atoms with E-state index in [4.69, 9.17) is 14.6 Å². The molecule has 39 heavy (non-hydrogen) atoms. The lowest BCUT2D eigenvalue weighted by Gasteiger charge is -2.22. The largest absolute Gasteiger partial charge is 0.454 e. The minimum Gasteiger partial charge on any atom is -0.454 e. The Hall–Kier alpha value is -4.13. The zero-order valence-corrected chi connectivity index (χ0v) is 21.8. The number of nitrogens with zero attached hydrogens (tertiary/aromatic N) is 6. The predicted molar refractivity (Wildman–Crippen MR) is 138 cm³/mol. The van der Waals surface area contributed by atoms with Gasteiger partial charge in [0.15, 0.2) is 11.5 Å². The molecule has 10 nitrogen and oxygen atoms in total. The van der Waals surface area contributed by atoms with Crippen LogP contribution < -0.4 is 10.1 Å². The van der Waals surface area contributed by atoms with Gasteiger partial charge in [0.25, 0.3) is 0 Å². The van der Waals surface area contributed by atoms with E-state index in [-0.39, 0.29) is 28.2 Å². The number of aromatic amines is 1. The summed E-state index contributed by atoms with van der Waals surface area (Å²) in [6.45, 7) is 7.79. The molecule has 13 heteroatoms. The van der Waals surface area contributed by atoms with E-state index in [1.54, 1.807) is 6.07 Å². The number of halogens is 3. The van der Waals surface area contributed by atoms with E-state index in [1.807, 2.05) is 22.4 Å². The number of hydrogen-bond acceptors (Lipinski definition) is 7. The van der Waals surface area contributed by atoms with E-state index in [9.17, 15) is 13.2 Å². The summed E-state index contributed by atoms with van der Waals surface area (Å²) in [5.74, 6) is 1.69. The topological polar surface area (TPSA) is 108 Å². The van der Waals surface area contributed by atoms with Crippen molar-refractivity contribution in [3.8, 4) is 11.5 Å². The summed E-state index contributed by atoms with van der Waals surface area (Å²) in [5.41, 5.74) is 1.45. The van der Waals surface area contributed by atoms with E-state index in [0.29, 0.717) is 35.3 Å². The Bertz CT molecular complexity index is 1670. The Kier molecular flexibility index (Phi) is 5.79. The number of alkyl halides is 3. The van der Waals surface area contributed by atoms with Crippen LogP contribution in [0.1, 0.15) is 44.5 Å². The summed E-state index contributed by atoms with van der Waals surface area (Å²) >= 11 is 0. The second-order valence-corrected chi connectivity index (χ2v) is 10.6. The standard InChI is InChI=1S/C26H27F3N8O2/c1-25(2,3)20-9-21(35-37(20)14-5-6-38-13-14)33-24-34-23-19(36(24)4)8-16(11-31-23)39-15-7-17-18(26(27,28)29)12-32-22(17)30-10-15/h7-12,14H,5-6,13H2,1-4H3,(H,30,32)(H,31,33,34,35)/t14-/m1/s1. The van der Waals surface area contributed by atoms with Crippen molar-refractivity contribution in [1.82, 2.24) is 34.3 Å². The summed E-state index contributed by atoms with van der Waals surface area (Å²) < 4.78 is 55.2. The third-order valence-corrected chi connectivity index (χ3v) is 6.76. The van der Waals surface area contributed by atoms with E-state index in [2.05, 4.69) is 46.0 Å². The maximum absolute atomic E-state index is 13.3. The maximum Gasteiger partial charge on any atom is 0.418 e. The van der Waals surface area contributed by atoms with Crippen molar-refractivity contribution < 1.29 is 22.6 Å². The van der Waals surface area contributed by atoms with Gasteiger partial charge in [0.2, 0.25) is 5.95 Å². The number of aromatic nitrogens is 7. The molecule has 6 rings (SSSR count). The highest BCUT2D eigenvalue weighted by molar-refractivity contribution is 5.82. The molecule has 0 spiro atoms. The van der Waals surface area contributed by atoms with Crippen molar-refractivity contribution in [2.45, 2.75) is 44.8 Å². The fourth-order valence-corrected chi connectivity index (χ4v) is 4.75. The van der Waals surface area contributed by atoms with Crippen LogP contribution in [0.3, 0.4) is 0 Å². The molecule has 1 aliphatic heterocycles. The van der Waals surface area contributed by atoms with Crippen molar-refractivity contribution in [1.29, 1.82) is 0 Å². The molecule has 0 saturated carbocycles. The number of hydrogen-bond donors (Lipinski definition) is 2. The molecule has 1 atom stereocenters. The first kappa shape index (κ1) is 25.2. The first-order chi connectivity index (χ1) is 18.5. The molecular formula is C26H27F3N8O2. The Balaban J connectivity index is 1.28. The molecular weight excluding hydrogens is 513 g/mol. The SMILES string of the molecule is Cn1c(Nc2cc(C(C)(C)C)n([C@@H]3CCOC3)n2)nc2ncc(Oc3cnc4[nH]cc(C(F)(F)F)c4c3)cc21. The first-order valence-electron chi connectivity index (χ1n) is 12.5. The van der Waals surface area contributed by atoms with Gasteiger partial charge in [0, 0.05) is 48.5 Å². The fourth-order valence-electron chi connectivity index (χ4n) is 4.75. The molecule has 1 saturated heterocycles. The molecule has 6 heterocycles. The van der Waals surface area contributed by atoms with Crippen LogP contribution >= 0.6 is 0 Å². The summed E-state index contributed by atoms with van der Waals surface area (Å²) in [7, 11) is 1.83. The van der Waals surface area contributed by atoms with Gasteiger partial charge in [0.1, 0.15) is 17.1 Å². The first-order valence-corrected chi connectivity index (χ1v) is 12.5. The molecule has 1 fully saturated rings. The van der Waals surface area contributed by atoms with Gasteiger partial charge in [-0.25, -0.2) is 9.97 Å². The van der Waals surface area contributed by atoms with Gasteiger partial charge in [-0.15, -0.1) is 0 Å². The average molecular weight is 541 g/mol. The number of rotatable bonds is 5. The number of fused-ring (bicyclic) bond motifs is 2. The number of anilines is 2. The van der Waals surface area contributed by atoms with Gasteiger partial charge in [-0.1, -0.05) is 20.8 Å². The normalized spacial score (nSPS) is 16.4. The molecule has 0 bridgehead atoms. The zero-order chi connectivity index (χ0) is 27.5. The number of imidazole rings is 1. The van der Waals surface area contributed by atoms with Crippen molar-refractivity contribution in [3.63, 3.8) is 0 Å². The predicted octanol–water partition coefficient (Wildman–Crippen LogP) is 5.85. The van der Waals surface area contributed by atoms with Gasteiger partial charge in [-0.2, -0.15) is 23.3 Å². The maximum atomic E-state index is 13.3. The number of aryl methyl sites for hydroxylation is 1. The third-order valence-electron chi connectivity index (χ3n) is 6.76. The molecule has 0 aromatic carbocycles. The smallest absolute Gasteiger partial charge is 0.418 e. The van der Waals surface area contributed by atoms with Crippen LogP contribution in [0.15, 0.2) is 36.8 Å². The molecule has 1 aliphatic rings. The Morgan fingerprint density at radius 1 is 1.10 bits per heavy atom. The summed E-state index contributed by atoms with van der Waals surface area (Å²) in [6.07, 6.45) is 0.128. The highest BCUT2D eigenvalue weighted by atomic mass is 19.4. The summed E-state index contributed by atoms with van der Waals surface area (Å²) in [6, 6.07) is 5.24. The molecule has 204 valence electrons. The van der Waals surface area contributed by atoms with Crippen LogP contribution in [0.2, 0.25) is 0 Å². The monoisotopic (exact) mass is 540 g/mol. The molecule has 0 radical (unpaired) electrons. The lowest BCUT2D eigenvalue weighted by Crippen LogP contribution is -2.22. The van der Waals surface area contributed by atoms with E-state index in [1.165, 1.54) is 18.5 Å². The fraction of sp³-hybridized carbons (Fsp3) is 0.385. The van der Waals surface area contributed by atoms with Crippen molar-refractivity contribution >= 4 is 34.0 Å². The Labute approximate surface area is 221 Å². The summed E-state index contributed by atoms with van der Waals surface area (Å²) in [5, 5.41) is 8.05. The molecule has 5 aromatic rings. The van der Waals surface area contributed by atoms with Gasteiger partial charge in [0.05, 0.1) is 36.1 Å². The second-order valence-electron chi connectivity index (χ2n) is 10.6. The van der Waals surface area contributed by atoms with Gasteiger partial charge >= 0.3 is 6.18 Å². The van der Waals surface area contributed by atoms with Crippen LogP contribution in [-0.4, -0.2) is 47.5 Å². The number of pyridine rings is 2. The van der Waals surface area contributed by atoms with E-state index < -0.39 is 11.7 Å². The highest BCUT2D eigenvalue weighted by Crippen LogP contribution is 2.36. The van der Waals surface area contributed by atoms with Crippen LogP contribution in [0.25, 0.3) is 22.2 Å². The highest BCUT2D eigenvalue weighted by Gasteiger charge is 2.34. The van der Waals surface area contributed by atoms with Crippen LogP contribution in [-0.2, 0) is 23.4 Å². The Morgan fingerprint density at radius 3 is 2.59 bits per heavy atom. The van der Waals surface area contributed by atoms with Gasteiger partial charge in [-0.05, 0) is 12.5 Å². The second kappa shape index (κ2) is 8.97. The minimum absolute atomic E-state index is 0.0701. The van der Waals surface area contributed by atoms with Gasteiger partial charge in [-0.3, -0.25) is 4.68 Å². The third kappa shape index (κ3) is 4.67. The van der Waals surface area contributed by atoms with E-state index >= 15 is 0 Å². The van der Waals surface area contributed by atoms with Crippen molar-refractivity contribution in [2.75, 3.05) is 18.5 Å². The van der Waals surface area contributed by atoms with Crippen LogP contribution in [0, 0.1) is 0 Å². The summed E-state index contributed by atoms with van der Waals surface area (Å²) in [4.78, 5) is 15.6. The average Bonchev–Trinajstić information content (AvgIpc) is 3.65. The van der Waals surface area contributed by atoms with E-state index in [0.717, 1.165) is 24.9 Å².